The molecule has 1 atom stereocenters. The second-order valence-electron chi connectivity index (χ2n) is 4.46. The Balaban J connectivity index is 2.32. The summed E-state index contributed by atoms with van der Waals surface area (Å²) in [5.41, 5.74) is 7.86. The lowest BCUT2D eigenvalue weighted by Gasteiger charge is -2.11. The van der Waals surface area contributed by atoms with Crippen LogP contribution < -0.4 is 5.73 Å². The fourth-order valence-corrected chi connectivity index (χ4v) is 2.27. The van der Waals surface area contributed by atoms with Crippen molar-refractivity contribution in [3.8, 4) is 5.69 Å². The third-order valence-electron chi connectivity index (χ3n) is 2.74. The second-order valence-corrected chi connectivity index (χ2v) is 6.47. The maximum atomic E-state index is 6.06. The fourth-order valence-electron chi connectivity index (χ4n) is 1.52. The number of halogens is 2. The average molecular weight is 421 g/mol. The largest absolute Gasteiger partial charge is 0.322 e. The summed E-state index contributed by atoms with van der Waals surface area (Å²) in [5, 5.41) is 8.27. The molecule has 18 heavy (non-hydrogen) atoms. The predicted molar refractivity (Wildman–Crippen MR) is 83.5 cm³/mol. The number of nitrogens with zero attached hydrogens (tertiary/aromatic N) is 3. The van der Waals surface area contributed by atoms with Crippen LogP contribution in [0, 0.1) is 9.49 Å². The van der Waals surface area contributed by atoms with Crippen molar-refractivity contribution in [2.45, 2.75) is 19.9 Å². The van der Waals surface area contributed by atoms with Crippen LogP contribution in [0.4, 0.5) is 0 Å². The van der Waals surface area contributed by atoms with Crippen molar-refractivity contribution in [2.75, 3.05) is 0 Å². The lowest BCUT2D eigenvalue weighted by atomic mass is 10.0. The van der Waals surface area contributed by atoms with Gasteiger partial charge in [-0.1, -0.05) is 19.1 Å². The molecule has 1 unspecified atom stereocenters. The molecule has 4 nitrogen and oxygen atoms in total. The SMILES string of the molecule is CC(C)C(N)c1cn(-c2ccc(Br)c(I)c2)nn1. The highest BCUT2D eigenvalue weighted by atomic mass is 127. The number of benzene rings is 1. The molecule has 1 aromatic carbocycles. The highest BCUT2D eigenvalue weighted by Crippen LogP contribution is 2.22. The van der Waals surface area contributed by atoms with Crippen molar-refractivity contribution < 1.29 is 0 Å². The predicted octanol–water partition coefficient (Wildman–Crippen LogP) is 3.29. The Morgan fingerprint density at radius 2 is 2.11 bits per heavy atom. The van der Waals surface area contributed by atoms with Gasteiger partial charge in [-0.15, -0.1) is 5.10 Å². The monoisotopic (exact) mass is 420 g/mol. The van der Waals surface area contributed by atoms with Crippen LogP contribution in [0.25, 0.3) is 5.69 Å². The van der Waals surface area contributed by atoms with Gasteiger partial charge in [-0.25, -0.2) is 4.68 Å². The number of hydrogen-bond donors (Lipinski definition) is 1. The van der Waals surface area contributed by atoms with Gasteiger partial charge in [0.1, 0.15) is 5.69 Å². The first-order valence-electron chi connectivity index (χ1n) is 5.62. The minimum atomic E-state index is -0.0757. The zero-order chi connectivity index (χ0) is 13.3. The molecule has 2 aromatic rings. The zero-order valence-corrected chi connectivity index (χ0v) is 13.9. The number of rotatable bonds is 3. The Morgan fingerprint density at radius 1 is 1.39 bits per heavy atom. The van der Waals surface area contributed by atoms with Gasteiger partial charge < -0.3 is 5.73 Å². The van der Waals surface area contributed by atoms with Crippen molar-refractivity contribution in [3.63, 3.8) is 0 Å². The van der Waals surface area contributed by atoms with Crippen molar-refractivity contribution in [3.05, 3.63) is 38.1 Å². The van der Waals surface area contributed by atoms with E-state index >= 15 is 0 Å². The summed E-state index contributed by atoms with van der Waals surface area (Å²) < 4.78 is 3.97. The first-order valence-corrected chi connectivity index (χ1v) is 7.49. The van der Waals surface area contributed by atoms with E-state index in [2.05, 4.69) is 62.7 Å². The summed E-state index contributed by atoms with van der Waals surface area (Å²) >= 11 is 5.75. The van der Waals surface area contributed by atoms with Crippen LogP contribution in [-0.4, -0.2) is 15.0 Å². The molecule has 6 heteroatoms. The summed E-state index contributed by atoms with van der Waals surface area (Å²) in [6.45, 7) is 4.15. The Bertz CT molecular complexity index is 553. The topological polar surface area (TPSA) is 56.7 Å². The normalized spacial score (nSPS) is 13.0. The van der Waals surface area contributed by atoms with E-state index in [0.29, 0.717) is 5.92 Å². The van der Waals surface area contributed by atoms with Crippen LogP contribution in [0.3, 0.4) is 0 Å². The number of aromatic nitrogens is 3. The van der Waals surface area contributed by atoms with Crippen molar-refractivity contribution >= 4 is 38.5 Å². The Morgan fingerprint density at radius 3 is 2.72 bits per heavy atom. The molecule has 0 spiro atoms. The average Bonchev–Trinajstić information content (AvgIpc) is 2.81. The molecule has 0 aliphatic heterocycles. The molecule has 0 fully saturated rings. The Labute approximate surface area is 128 Å². The van der Waals surface area contributed by atoms with Crippen LogP contribution >= 0.6 is 38.5 Å². The van der Waals surface area contributed by atoms with E-state index in [1.807, 2.05) is 24.4 Å². The van der Waals surface area contributed by atoms with Gasteiger partial charge in [-0.2, -0.15) is 0 Å². The van der Waals surface area contributed by atoms with Crippen LogP contribution in [0.15, 0.2) is 28.9 Å². The summed E-state index contributed by atoms with van der Waals surface area (Å²) in [7, 11) is 0. The van der Waals surface area contributed by atoms with Crippen molar-refractivity contribution in [2.24, 2.45) is 11.7 Å². The molecule has 2 rings (SSSR count). The third kappa shape index (κ3) is 2.92. The summed E-state index contributed by atoms with van der Waals surface area (Å²) in [6.07, 6.45) is 1.89. The van der Waals surface area contributed by atoms with E-state index in [4.69, 9.17) is 5.73 Å². The Hall–Kier alpha value is -0.470. The molecule has 0 radical (unpaired) electrons. The van der Waals surface area contributed by atoms with Gasteiger partial charge in [0.05, 0.1) is 17.9 Å². The molecule has 1 heterocycles. The van der Waals surface area contributed by atoms with Crippen LogP contribution in [0.2, 0.25) is 0 Å². The van der Waals surface area contributed by atoms with Crippen molar-refractivity contribution in [1.82, 2.24) is 15.0 Å². The molecule has 2 N–H and O–H groups in total. The molecular weight excluding hydrogens is 407 g/mol. The Kier molecular flexibility index (Phi) is 4.39. The summed E-state index contributed by atoms with van der Waals surface area (Å²) in [6, 6.07) is 5.96. The molecular formula is C12H14BrIN4. The number of hydrogen-bond acceptors (Lipinski definition) is 3. The highest BCUT2D eigenvalue weighted by molar-refractivity contribution is 14.1. The maximum Gasteiger partial charge on any atom is 0.100 e. The lowest BCUT2D eigenvalue weighted by molar-refractivity contribution is 0.502. The van der Waals surface area contributed by atoms with Crippen molar-refractivity contribution in [1.29, 1.82) is 0 Å². The standard InChI is InChI=1S/C12H14BrIN4/c1-7(2)12(15)11-6-18(17-16-11)8-3-4-9(13)10(14)5-8/h3-7,12H,15H2,1-2H3. The molecule has 0 amide bonds. The minimum Gasteiger partial charge on any atom is -0.322 e. The summed E-state index contributed by atoms with van der Waals surface area (Å²) in [4.78, 5) is 0. The molecule has 1 aromatic heterocycles. The van der Waals surface area contributed by atoms with Crippen LogP contribution in [0.5, 0.6) is 0 Å². The van der Waals surface area contributed by atoms with E-state index in [1.165, 1.54) is 0 Å². The van der Waals surface area contributed by atoms with E-state index in [-0.39, 0.29) is 6.04 Å². The molecule has 0 bridgehead atoms. The van der Waals surface area contributed by atoms with Crippen LogP contribution in [0.1, 0.15) is 25.6 Å². The van der Waals surface area contributed by atoms with Gasteiger partial charge in [0, 0.05) is 8.04 Å². The van der Waals surface area contributed by atoms with Gasteiger partial charge in [-0.05, 0) is 62.6 Å². The minimum absolute atomic E-state index is 0.0757. The van der Waals surface area contributed by atoms with Gasteiger partial charge >= 0.3 is 0 Å². The molecule has 0 saturated carbocycles. The number of nitrogens with two attached hydrogens (primary N) is 1. The van der Waals surface area contributed by atoms with Crippen LogP contribution in [-0.2, 0) is 0 Å². The molecule has 96 valence electrons. The molecule has 0 aliphatic rings. The second kappa shape index (κ2) is 5.66. The van der Waals surface area contributed by atoms with E-state index < -0.39 is 0 Å². The van der Waals surface area contributed by atoms with Gasteiger partial charge in [0.15, 0.2) is 0 Å². The van der Waals surface area contributed by atoms with E-state index in [1.54, 1.807) is 4.68 Å². The smallest absolute Gasteiger partial charge is 0.100 e. The highest BCUT2D eigenvalue weighted by Gasteiger charge is 2.14. The lowest BCUT2D eigenvalue weighted by Crippen LogP contribution is -2.17. The molecule has 0 aliphatic carbocycles. The molecule has 0 saturated heterocycles. The zero-order valence-electron chi connectivity index (χ0n) is 10.1. The van der Waals surface area contributed by atoms with E-state index in [0.717, 1.165) is 19.4 Å². The van der Waals surface area contributed by atoms with Gasteiger partial charge in [0.2, 0.25) is 0 Å². The van der Waals surface area contributed by atoms with Gasteiger partial charge in [0.25, 0.3) is 0 Å². The first-order chi connectivity index (χ1) is 8.49. The summed E-state index contributed by atoms with van der Waals surface area (Å²) in [5.74, 6) is 0.347. The third-order valence-corrected chi connectivity index (χ3v) is 5.06. The quantitative estimate of drug-likeness (QED) is 0.775. The first kappa shape index (κ1) is 14.0. The van der Waals surface area contributed by atoms with Gasteiger partial charge in [-0.3, -0.25) is 0 Å². The maximum absolute atomic E-state index is 6.06. The van der Waals surface area contributed by atoms with E-state index in [9.17, 15) is 0 Å². The fraction of sp³-hybridized carbons (Fsp3) is 0.333.